The molecule has 1 aliphatic rings. The summed E-state index contributed by atoms with van der Waals surface area (Å²) in [5, 5.41) is 2.82. The second-order valence-electron chi connectivity index (χ2n) is 6.14. The molecule has 1 unspecified atom stereocenters. The number of carbonyl (C=O) groups is 1. The van der Waals surface area contributed by atoms with Gasteiger partial charge < -0.3 is 25.3 Å². The minimum atomic E-state index is -0.103. The molecule has 0 aromatic heterocycles. The van der Waals surface area contributed by atoms with E-state index in [0.29, 0.717) is 32.4 Å². The molecule has 0 aliphatic carbocycles. The van der Waals surface area contributed by atoms with Gasteiger partial charge in [-0.25, -0.2) is 0 Å². The van der Waals surface area contributed by atoms with Gasteiger partial charge >= 0.3 is 0 Å². The summed E-state index contributed by atoms with van der Waals surface area (Å²) in [5.74, 6) is -0.103. The van der Waals surface area contributed by atoms with Gasteiger partial charge in [0.1, 0.15) is 6.61 Å². The number of benzene rings is 1. The maximum atomic E-state index is 11.6. The molecule has 1 heterocycles. The van der Waals surface area contributed by atoms with Crippen LogP contribution in [0.2, 0.25) is 0 Å². The van der Waals surface area contributed by atoms with Gasteiger partial charge in [0.25, 0.3) is 0 Å². The van der Waals surface area contributed by atoms with E-state index in [1.54, 1.807) is 0 Å². The first-order chi connectivity index (χ1) is 12.7. The zero-order valence-electron chi connectivity index (χ0n) is 16.1. The van der Waals surface area contributed by atoms with Gasteiger partial charge in [-0.2, -0.15) is 0 Å². The summed E-state index contributed by atoms with van der Waals surface area (Å²) in [6.07, 6.45) is 3.71. The molecule has 1 aromatic rings. The fourth-order valence-electron chi connectivity index (χ4n) is 2.50. The van der Waals surface area contributed by atoms with Crippen LogP contribution < -0.4 is 11.1 Å². The lowest BCUT2D eigenvalue weighted by atomic mass is 10.2. The average molecular weight is 367 g/mol. The predicted octanol–water partition coefficient (Wildman–Crippen LogP) is 2.26. The van der Waals surface area contributed by atoms with E-state index in [1.165, 1.54) is 6.42 Å². The maximum absolute atomic E-state index is 11.6. The first-order valence-electron chi connectivity index (χ1n) is 9.51. The molecule has 2 atom stereocenters. The van der Waals surface area contributed by atoms with Crippen molar-refractivity contribution in [3.63, 3.8) is 0 Å². The Balaban J connectivity index is 0.000000401. The molecule has 3 N–H and O–H groups in total. The minimum Gasteiger partial charge on any atom is -0.377 e. The zero-order chi connectivity index (χ0) is 19.0. The second kappa shape index (κ2) is 14.7. The van der Waals surface area contributed by atoms with Crippen LogP contribution in [0.25, 0.3) is 0 Å². The Kier molecular flexibility index (Phi) is 12.7. The second-order valence-corrected chi connectivity index (χ2v) is 6.14. The van der Waals surface area contributed by atoms with Crippen molar-refractivity contribution in [2.45, 2.75) is 51.9 Å². The Bertz CT molecular complexity index is 464. The Morgan fingerprint density at radius 2 is 2.12 bits per heavy atom. The first kappa shape index (κ1) is 22.6. The summed E-state index contributed by atoms with van der Waals surface area (Å²) in [6, 6.07) is 9.80. The Hall–Kier alpha value is -1.47. The van der Waals surface area contributed by atoms with Crippen LogP contribution in [0.3, 0.4) is 0 Å². The smallest absolute Gasteiger partial charge is 0.246 e. The lowest BCUT2D eigenvalue weighted by Crippen LogP contribution is -2.35. The molecular formula is C20H34N2O4. The predicted molar refractivity (Wildman–Crippen MR) is 103 cm³/mol. The molecule has 6 nitrogen and oxygen atoms in total. The number of ether oxygens (including phenoxy) is 3. The van der Waals surface area contributed by atoms with E-state index in [-0.39, 0.29) is 18.6 Å². The molecule has 0 spiro atoms. The van der Waals surface area contributed by atoms with Crippen molar-refractivity contribution >= 4 is 5.91 Å². The fraction of sp³-hybridized carbons (Fsp3) is 0.650. The van der Waals surface area contributed by atoms with E-state index >= 15 is 0 Å². The van der Waals surface area contributed by atoms with E-state index in [9.17, 15) is 4.79 Å². The topological polar surface area (TPSA) is 82.8 Å². The van der Waals surface area contributed by atoms with Gasteiger partial charge in [-0.05, 0) is 31.7 Å². The lowest BCUT2D eigenvalue weighted by Gasteiger charge is -2.15. The highest BCUT2D eigenvalue weighted by molar-refractivity contribution is 5.77. The summed E-state index contributed by atoms with van der Waals surface area (Å²) in [5.41, 5.74) is 6.37. The first-order valence-corrected chi connectivity index (χ1v) is 9.51. The average Bonchev–Trinajstić information content (AvgIpc) is 3.20. The summed E-state index contributed by atoms with van der Waals surface area (Å²) in [6.45, 7) is 7.35. The SMILES string of the molecule is CCOC(CC)CNC(=O)COCc1ccccc1.NC[C@@H]1CCCO1. The van der Waals surface area contributed by atoms with E-state index < -0.39 is 0 Å². The molecule has 1 aromatic carbocycles. The van der Waals surface area contributed by atoms with Gasteiger partial charge in [0.2, 0.25) is 5.91 Å². The normalized spacial score (nSPS) is 17.3. The van der Waals surface area contributed by atoms with Crippen LogP contribution in [0.1, 0.15) is 38.7 Å². The van der Waals surface area contributed by atoms with Crippen LogP contribution in [0.15, 0.2) is 30.3 Å². The van der Waals surface area contributed by atoms with Gasteiger partial charge in [0.15, 0.2) is 0 Å². The van der Waals surface area contributed by atoms with Crippen molar-refractivity contribution in [3.05, 3.63) is 35.9 Å². The molecule has 26 heavy (non-hydrogen) atoms. The van der Waals surface area contributed by atoms with Crippen molar-refractivity contribution < 1.29 is 19.0 Å². The Morgan fingerprint density at radius 1 is 1.35 bits per heavy atom. The van der Waals surface area contributed by atoms with Crippen LogP contribution in [0, 0.1) is 0 Å². The molecule has 6 heteroatoms. The van der Waals surface area contributed by atoms with Crippen LogP contribution in [0.4, 0.5) is 0 Å². The standard InChI is InChI=1S/C15H23NO3.C5H11NO/c1-3-14(19-4-2)10-16-15(17)12-18-11-13-8-6-5-7-9-13;6-4-5-2-1-3-7-5/h5-9,14H,3-4,10-12H2,1-2H3,(H,16,17);5H,1-4,6H2/t;5-/m.0/s1. The highest BCUT2D eigenvalue weighted by atomic mass is 16.5. The van der Waals surface area contributed by atoms with E-state index in [4.69, 9.17) is 19.9 Å². The quantitative estimate of drug-likeness (QED) is 0.664. The third-order valence-corrected chi connectivity index (χ3v) is 4.02. The molecule has 1 amide bonds. The highest BCUT2D eigenvalue weighted by Gasteiger charge is 2.11. The van der Waals surface area contributed by atoms with Crippen molar-refractivity contribution in [3.8, 4) is 0 Å². The van der Waals surface area contributed by atoms with Crippen LogP contribution in [-0.4, -0.2) is 51.0 Å². The summed E-state index contributed by atoms with van der Waals surface area (Å²) < 4.78 is 16.0. The van der Waals surface area contributed by atoms with Crippen molar-refractivity contribution in [2.75, 3.05) is 32.9 Å². The van der Waals surface area contributed by atoms with Crippen molar-refractivity contribution in [2.24, 2.45) is 5.73 Å². The van der Waals surface area contributed by atoms with Crippen molar-refractivity contribution in [1.29, 1.82) is 0 Å². The van der Waals surface area contributed by atoms with Crippen LogP contribution in [-0.2, 0) is 25.6 Å². The van der Waals surface area contributed by atoms with Gasteiger partial charge in [0, 0.05) is 26.3 Å². The Morgan fingerprint density at radius 3 is 2.65 bits per heavy atom. The summed E-state index contributed by atoms with van der Waals surface area (Å²) >= 11 is 0. The third-order valence-electron chi connectivity index (χ3n) is 4.02. The number of hydrogen-bond acceptors (Lipinski definition) is 5. The van der Waals surface area contributed by atoms with Crippen LogP contribution in [0.5, 0.6) is 0 Å². The molecule has 1 saturated heterocycles. The lowest BCUT2D eigenvalue weighted by molar-refractivity contribution is -0.126. The molecule has 0 radical (unpaired) electrons. The zero-order valence-corrected chi connectivity index (χ0v) is 16.1. The number of nitrogens with one attached hydrogen (secondary N) is 1. The molecule has 148 valence electrons. The van der Waals surface area contributed by atoms with E-state index in [2.05, 4.69) is 5.32 Å². The number of carbonyl (C=O) groups excluding carboxylic acids is 1. The molecule has 2 rings (SSSR count). The van der Waals surface area contributed by atoms with Crippen molar-refractivity contribution in [1.82, 2.24) is 5.32 Å². The van der Waals surface area contributed by atoms with Crippen LogP contribution >= 0.6 is 0 Å². The van der Waals surface area contributed by atoms with E-state index in [1.807, 2.05) is 44.2 Å². The van der Waals surface area contributed by atoms with Gasteiger partial charge in [-0.15, -0.1) is 0 Å². The number of amides is 1. The third kappa shape index (κ3) is 10.5. The molecule has 0 bridgehead atoms. The van der Waals surface area contributed by atoms with Gasteiger partial charge in [-0.1, -0.05) is 37.3 Å². The molecule has 0 saturated carbocycles. The fourth-order valence-corrected chi connectivity index (χ4v) is 2.50. The minimum absolute atomic E-state index is 0.0808. The largest absolute Gasteiger partial charge is 0.377 e. The van der Waals surface area contributed by atoms with Gasteiger partial charge in [-0.3, -0.25) is 4.79 Å². The van der Waals surface area contributed by atoms with E-state index in [0.717, 1.165) is 25.0 Å². The number of hydrogen-bond donors (Lipinski definition) is 2. The highest BCUT2D eigenvalue weighted by Crippen LogP contribution is 2.09. The summed E-state index contributed by atoms with van der Waals surface area (Å²) in [7, 11) is 0. The molecule has 1 aliphatic heterocycles. The monoisotopic (exact) mass is 366 g/mol. The van der Waals surface area contributed by atoms with Gasteiger partial charge in [0.05, 0.1) is 18.8 Å². The number of rotatable bonds is 10. The number of nitrogens with two attached hydrogens (primary N) is 1. The maximum Gasteiger partial charge on any atom is 0.246 e. The molecular weight excluding hydrogens is 332 g/mol. The summed E-state index contributed by atoms with van der Waals surface area (Å²) in [4.78, 5) is 11.6. The molecule has 1 fully saturated rings. The Labute approximate surface area is 157 Å².